The van der Waals surface area contributed by atoms with Crippen molar-refractivity contribution >= 4 is 8.07 Å². The molecule has 0 aromatic heterocycles. The third kappa shape index (κ3) is 1.26. The first kappa shape index (κ1) is 10.3. The topological polar surface area (TPSA) is 0 Å². The van der Waals surface area contributed by atoms with Crippen LogP contribution in [0.15, 0.2) is 0 Å². The van der Waals surface area contributed by atoms with E-state index in [1.165, 1.54) is 19.3 Å². The monoisotopic (exact) mass is 184 g/mol. The van der Waals surface area contributed by atoms with Crippen molar-refractivity contribution in [2.45, 2.75) is 64.7 Å². The molecule has 0 spiro atoms. The van der Waals surface area contributed by atoms with E-state index < -0.39 is 8.07 Å². The lowest BCUT2D eigenvalue weighted by Crippen LogP contribution is -2.52. The van der Waals surface area contributed by atoms with Gasteiger partial charge in [0.15, 0.2) is 0 Å². The highest BCUT2D eigenvalue weighted by Crippen LogP contribution is 2.65. The highest BCUT2D eigenvalue weighted by atomic mass is 28.3. The maximum absolute atomic E-state index is 2.54. The van der Waals surface area contributed by atoms with Gasteiger partial charge in [-0.15, -0.1) is 0 Å². The normalized spacial score (nSPS) is 23.5. The van der Waals surface area contributed by atoms with Gasteiger partial charge in [-0.2, -0.15) is 0 Å². The van der Waals surface area contributed by atoms with Crippen LogP contribution in [0.4, 0.5) is 0 Å². The van der Waals surface area contributed by atoms with Crippen LogP contribution in [0.3, 0.4) is 0 Å². The Hall–Kier alpha value is 0.217. The van der Waals surface area contributed by atoms with Crippen LogP contribution in [0.2, 0.25) is 24.7 Å². The lowest BCUT2D eigenvalue weighted by molar-refractivity contribution is 0.150. The molecule has 1 heteroatoms. The Morgan fingerprint density at radius 3 is 1.42 bits per heavy atom. The molecule has 72 valence electrons. The lowest BCUT2D eigenvalue weighted by Gasteiger charge is -2.59. The van der Waals surface area contributed by atoms with E-state index in [0.717, 1.165) is 5.04 Å². The summed E-state index contributed by atoms with van der Waals surface area (Å²) in [5, 5.41) is 0.736. The maximum Gasteiger partial charge on any atom is 0.0512 e. The Morgan fingerprint density at radius 1 is 1.00 bits per heavy atom. The summed E-state index contributed by atoms with van der Waals surface area (Å²) in [6, 6.07) is 0. The van der Waals surface area contributed by atoms with Crippen LogP contribution in [0.5, 0.6) is 0 Å². The van der Waals surface area contributed by atoms with Crippen molar-refractivity contribution in [3.8, 4) is 0 Å². The average molecular weight is 184 g/mol. The van der Waals surface area contributed by atoms with Crippen molar-refractivity contribution in [3.63, 3.8) is 0 Å². The zero-order valence-electron chi connectivity index (χ0n) is 9.62. The van der Waals surface area contributed by atoms with Crippen LogP contribution in [-0.4, -0.2) is 8.07 Å². The molecule has 1 fully saturated rings. The summed E-state index contributed by atoms with van der Waals surface area (Å²) in [7, 11) is -0.959. The Morgan fingerprint density at radius 2 is 1.42 bits per heavy atom. The van der Waals surface area contributed by atoms with Gasteiger partial charge in [-0.25, -0.2) is 0 Å². The Kier molecular flexibility index (Phi) is 2.23. The quantitative estimate of drug-likeness (QED) is 0.533. The predicted octanol–water partition coefficient (Wildman–Crippen LogP) is 4.30. The molecule has 0 radical (unpaired) electrons. The second kappa shape index (κ2) is 2.60. The van der Waals surface area contributed by atoms with E-state index >= 15 is 0 Å². The van der Waals surface area contributed by atoms with Crippen LogP contribution in [0, 0.1) is 5.41 Å². The summed E-state index contributed by atoms with van der Waals surface area (Å²) >= 11 is 0. The lowest BCUT2D eigenvalue weighted by atomic mass is 9.67. The van der Waals surface area contributed by atoms with Crippen molar-refractivity contribution in [2.75, 3.05) is 0 Å². The standard InChI is InChI=1S/C11H24Si/c1-10(2,3)11(8-7-9-11)12(4,5)6/h7-9H2,1-6H3. The molecule has 0 atom stereocenters. The van der Waals surface area contributed by atoms with E-state index in [9.17, 15) is 0 Å². The molecule has 0 N–H and O–H groups in total. The van der Waals surface area contributed by atoms with Gasteiger partial charge in [-0.1, -0.05) is 46.8 Å². The second-order valence-corrected chi connectivity index (χ2v) is 11.9. The van der Waals surface area contributed by atoms with E-state index in [1.54, 1.807) is 0 Å². The molecule has 0 aromatic carbocycles. The summed E-state index contributed by atoms with van der Waals surface area (Å²) in [6.07, 6.45) is 4.46. The van der Waals surface area contributed by atoms with Crippen molar-refractivity contribution in [3.05, 3.63) is 0 Å². The van der Waals surface area contributed by atoms with Crippen molar-refractivity contribution < 1.29 is 0 Å². The Labute approximate surface area is 78.8 Å². The molecular formula is C11H24Si. The first-order valence-electron chi connectivity index (χ1n) is 5.21. The Balaban J connectivity index is 2.92. The highest BCUT2D eigenvalue weighted by Gasteiger charge is 2.54. The first-order chi connectivity index (χ1) is 5.21. The van der Waals surface area contributed by atoms with Crippen molar-refractivity contribution in [1.82, 2.24) is 0 Å². The maximum atomic E-state index is 2.54. The minimum Gasteiger partial charge on any atom is -0.0691 e. The summed E-state index contributed by atoms with van der Waals surface area (Å²) in [5.41, 5.74) is 0.537. The Bertz CT molecular complexity index is 148. The molecule has 0 heterocycles. The minimum absolute atomic E-state index is 0.537. The van der Waals surface area contributed by atoms with E-state index in [2.05, 4.69) is 40.4 Å². The zero-order chi connectivity index (χ0) is 9.62. The largest absolute Gasteiger partial charge is 0.0691 e. The van der Waals surface area contributed by atoms with Gasteiger partial charge in [0.1, 0.15) is 0 Å². The first-order valence-corrected chi connectivity index (χ1v) is 8.71. The number of rotatable bonds is 1. The highest BCUT2D eigenvalue weighted by molar-refractivity contribution is 6.79. The van der Waals surface area contributed by atoms with Crippen LogP contribution < -0.4 is 0 Å². The summed E-state index contributed by atoms with van der Waals surface area (Å²) in [5.74, 6) is 0. The average Bonchev–Trinajstić information content (AvgIpc) is 1.47. The molecule has 1 aliphatic carbocycles. The van der Waals surface area contributed by atoms with Gasteiger partial charge in [-0.05, 0) is 23.3 Å². The van der Waals surface area contributed by atoms with Crippen molar-refractivity contribution in [1.29, 1.82) is 0 Å². The predicted molar refractivity (Wildman–Crippen MR) is 59.3 cm³/mol. The molecule has 0 saturated heterocycles. The van der Waals surface area contributed by atoms with E-state index in [1.807, 2.05) is 0 Å². The van der Waals surface area contributed by atoms with Crippen LogP contribution in [-0.2, 0) is 0 Å². The van der Waals surface area contributed by atoms with Gasteiger partial charge >= 0.3 is 0 Å². The number of hydrogen-bond donors (Lipinski definition) is 0. The van der Waals surface area contributed by atoms with Gasteiger partial charge in [-0.3, -0.25) is 0 Å². The van der Waals surface area contributed by atoms with Crippen molar-refractivity contribution in [2.24, 2.45) is 5.41 Å². The fourth-order valence-electron chi connectivity index (χ4n) is 3.16. The smallest absolute Gasteiger partial charge is 0.0512 e. The molecule has 1 rings (SSSR count). The molecule has 1 saturated carbocycles. The SMILES string of the molecule is CC(C)(C)C1([Si](C)(C)C)CCC1. The molecule has 0 aliphatic heterocycles. The van der Waals surface area contributed by atoms with E-state index in [4.69, 9.17) is 0 Å². The summed E-state index contributed by atoms with van der Waals surface area (Å²) < 4.78 is 0. The molecule has 0 nitrogen and oxygen atoms in total. The van der Waals surface area contributed by atoms with Gasteiger partial charge < -0.3 is 0 Å². The van der Waals surface area contributed by atoms with Crippen LogP contribution in [0.25, 0.3) is 0 Å². The van der Waals surface area contributed by atoms with Gasteiger partial charge in [0.25, 0.3) is 0 Å². The third-order valence-electron chi connectivity index (χ3n) is 4.08. The van der Waals surface area contributed by atoms with E-state index in [0.29, 0.717) is 5.41 Å². The fourth-order valence-corrected chi connectivity index (χ4v) is 7.26. The molecule has 0 unspecified atom stereocenters. The molecule has 0 bridgehead atoms. The third-order valence-corrected chi connectivity index (χ3v) is 8.20. The van der Waals surface area contributed by atoms with E-state index in [-0.39, 0.29) is 0 Å². The van der Waals surface area contributed by atoms with Crippen LogP contribution in [0.1, 0.15) is 40.0 Å². The van der Waals surface area contributed by atoms with Gasteiger partial charge in [0.05, 0.1) is 8.07 Å². The van der Waals surface area contributed by atoms with Crippen LogP contribution >= 0.6 is 0 Å². The molecular weight excluding hydrogens is 160 g/mol. The zero-order valence-corrected chi connectivity index (χ0v) is 10.6. The fraction of sp³-hybridized carbons (Fsp3) is 1.00. The molecule has 0 amide bonds. The summed E-state index contributed by atoms with van der Waals surface area (Å²) in [6.45, 7) is 14.9. The minimum atomic E-state index is -0.959. The second-order valence-electron chi connectivity index (χ2n) is 6.44. The number of hydrogen-bond acceptors (Lipinski definition) is 0. The molecule has 12 heavy (non-hydrogen) atoms. The van der Waals surface area contributed by atoms with Gasteiger partial charge in [0.2, 0.25) is 0 Å². The molecule has 0 aromatic rings. The molecule has 1 aliphatic rings. The van der Waals surface area contributed by atoms with Gasteiger partial charge in [0, 0.05) is 0 Å². The summed E-state index contributed by atoms with van der Waals surface area (Å²) in [4.78, 5) is 0.